The van der Waals surface area contributed by atoms with Crippen molar-refractivity contribution in [2.45, 2.75) is 19.0 Å². The van der Waals surface area contributed by atoms with Crippen molar-refractivity contribution in [3.63, 3.8) is 0 Å². The molecular formula is C29H25FN4O5. The molecule has 0 radical (unpaired) electrons. The van der Waals surface area contributed by atoms with Gasteiger partial charge in [-0.05, 0) is 80.2 Å². The maximum Gasteiger partial charge on any atom is 0.256 e. The van der Waals surface area contributed by atoms with Gasteiger partial charge in [0.05, 0.1) is 12.2 Å². The third kappa shape index (κ3) is 4.77. The third-order valence-corrected chi connectivity index (χ3v) is 6.88. The molecule has 9 nitrogen and oxygen atoms in total. The summed E-state index contributed by atoms with van der Waals surface area (Å²) in [6.07, 6.45) is 2.97. The van der Waals surface area contributed by atoms with Gasteiger partial charge in [0.2, 0.25) is 12.7 Å². The number of aromatic nitrogens is 2. The molecule has 3 heterocycles. The minimum atomic E-state index is -1.43. The van der Waals surface area contributed by atoms with Gasteiger partial charge in [0, 0.05) is 34.6 Å². The van der Waals surface area contributed by atoms with Crippen LogP contribution in [0.1, 0.15) is 34.0 Å². The van der Waals surface area contributed by atoms with Crippen LogP contribution < -0.4 is 26.1 Å². The summed E-state index contributed by atoms with van der Waals surface area (Å²) < 4.78 is 25.8. The van der Waals surface area contributed by atoms with E-state index in [1.165, 1.54) is 35.0 Å². The highest BCUT2D eigenvalue weighted by molar-refractivity contribution is 6.08. The number of likely N-dealkylation sites (N-methyl/N-ethyl adjacent to an activating group) is 1. The zero-order valence-corrected chi connectivity index (χ0v) is 21.2. The lowest BCUT2D eigenvalue weighted by Gasteiger charge is -2.27. The van der Waals surface area contributed by atoms with Crippen molar-refractivity contribution in [2.24, 2.45) is 5.73 Å². The molecule has 0 aliphatic carbocycles. The van der Waals surface area contributed by atoms with E-state index in [-0.39, 0.29) is 30.2 Å². The minimum absolute atomic E-state index is 0.0343. The number of rotatable bonds is 8. The van der Waals surface area contributed by atoms with E-state index in [9.17, 15) is 18.8 Å². The van der Waals surface area contributed by atoms with Crippen LogP contribution in [0.2, 0.25) is 0 Å². The van der Waals surface area contributed by atoms with E-state index in [1.54, 1.807) is 56.6 Å². The summed E-state index contributed by atoms with van der Waals surface area (Å²) in [5, 5.41) is 2.86. The average molecular weight is 529 g/mol. The average Bonchev–Trinajstić information content (AvgIpc) is 3.42. The molecule has 1 amide bonds. The molecule has 0 bridgehead atoms. The van der Waals surface area contributed by atoms with Crippen LogP contribution in [-0.2, 0) is 16.9 Å². The number of hydrogen-bond donors (Lipinski definition) is 2. The number of nitrogens with two attached hydrogens (primary N) is 1. The second kappa shape index (κ2) is 10.1. The third-order valence-electron chi connectivity index (χ3n) is 6.88. The molecule has 3 N–H and O–H groups in total. The Morgan fingerprint density at radius 3 is 2.49 bits per heavy atom. The maximum absolute atomic E-state index is 13.9. The molecule has 2 aromatic carbocycles. The Kier molecular flexibility index (Phi) is 6.71. The zero-order valence-electron chi connectivity index (χ0n) is 21.2. The number of ketones is 1. The summed E-state index contributed by atoms with van der Waals surface area (Å²) >= 11 is 0. The Labute approximate surface area is 223 Å². The summed E-state index contributed by atoms with van der Waals surface area (Å²) in [4.78, 5) is 43.5. The van der Waals surface area contributed by atoms with Gasteiger partial charge in [-0.3, -0.25) is 19.4 Å². The predicted octanol–water partition coefficient (Wildman–Crippen LogP) is 2.98. The van der Waals surface area contributed by atoms with Gasteiger partial charge >= 0.3 is 0 Å². The highest BCUT2D eigenvalue weighted by Gasteiger charge is 2.35. The van der Waals surface area contributed by atoms with E-state index in [1.807, 2.05) is 0 Å². The van der Waals surface area contributed by atoms with Crippen LogP contribution in [0, 0.1) is 5.82 Å². The number of pyridine rings is 2. The first-order valence-corrected chi connectivity index (χ1v) is 12.1. The van der Waals surface area contributed by atoms with Crippen LogP contribution in [0.5, 0.6) is 11.5 Å². The molecule has 0 saturated heterocycles. The number of nitrogens with zero attached hydrogens (tertiary/aromatic N) is 2. The quantitative estimate of drug-likeness (QED) is 0.337. The number of nitrogens with one attached hydrogen (secondary N) is 1. The molecular weight excluding hydrogens is 503 g/mol. The summed E-state index contributed by atoms with van der Waals surface area (Å²) in [5.74, 6) is -0.354. The first-order valence-electron chi connectivity index (χ1n) is 12.1. The monoisotopic (exact) mass is 528 g/mol. The zero-order chi connectivity index (χ0) is 27.7. The molecule has 0 spiro atoms. The number of carbonyl (C=O) groups excluding carboxylic acids is 2. The van der Waals surface area contributed by atoms with Crippen LogP contribution in [0.3, 0.4) is 0 Å². The summed E-state index contributed by atoms with van der Waals surface area (Å²) in [6, 6.07) is 15.5. The second-order valence-corrected chi connectivity index (χ2v) is 9.25. The van der Waals surface area contributed by atoms with Gasteiger partial charge in [-0.1, -0.05) is 0 Å². The van der Waals surface area contributed by atoms with E-state index < -0.39 is 22.8 Å². The van der Waals surface area contributed by atoms with Gasteiger partial charge in [-0.2, -0.15) is 0 Å². The number of ether oxygens (including phenoxy) is 2. The SMILES string of the molecule is CNC(C)(C(N)=O)c1ccc(-c2ccc3c(c2)OCO3)n(Cc2cncc(C(=O)c3ccc(F)cc3)c2)c1=O. The lowest BCUT2D eigenvalue weighted by Crippen LogP contribution is -2.52. The number of carbonyl (C=O) groups is 2. The Hall–Kier alpha value is -4.83. The Morgan fingerprint density at radius 2 is 1.77 bits per heavy atom. The Bertz CT molecular complexity index is 1650. The van der Waals surface area contributed by atoms with Crippen molar-refractivity contribution in [1.29, 1.82) is 0 Å². The summed E-state index contributed by atoms with van der Waals surface area (Å²) in [5.41, 5.74) is 6.33. The van der Waals surface area contributed by atoms with Crippen molar-refractivity contribution in [3.05, 3.63) is 111 Å². The van der Waals surface area contributed by atoms with Crippen LogP contribution in [-0.4, -0.2) is 35.1 Å². The topological polar surface area (TPSA) is 126 Å². The molecule has 4 aromatic rings. The standard InChI is InChI=1S/C29H25FN4O5/c1-29(32-2,28(31)37)22-8-9-23(19-5-10-24-25(12-19)39-16-38-24)34(27(22)36)15-17-11-20(14-33-13-17)26(35)18-3-6-21(30)7-4-18/h3-14,32H,15-16H2,1-2H3,(H2,31,37). The van der Waals surface area contributed by atoms with Crippen LogP contribution >= 0.6 is 0 Å². The molecule has 10 heteroatoms. The largest absolute Gasteiger partial charge is 0.454 e. The van der Waals surface area contributed by atoms with Gasteiger partial charge in [0.25, 0.3) is 5.56 Å². The van der Waals surface area contributed by atoms with Gasteiger partial charge in [0.15, 0.2) is 17.3 Å². The van der Waals surface area contributed by atoms with E-state index in [0.29, 0.717) is 33.9 Å². The molecule has 1 aliphatic heterocycles. The van der Waals surface area contributed by atoms with Crippen molar-refractivity contribution in [1.82, 2.24) is 14.9 Å². The highest BCUT2D eigenvalue weighted by atomic mass is 19.1. The number of benzene rings is 2. The molecule has 1 atom stereocenters. The molecule has 0 saturated carbocycles. The lowest BCUT2D eigenvalue weighted by molar-refractivity contribution is -0.124. The van der Waals surface area contributed by atoms with Crippen molar-refractivity contribution >= 4 is 11.7 Å². The van der Waals surface area contributed by atoms with Gasteiger partial charge in [-0.25, -0.2) is 4.39 Å². The first kappa shape index (κ1) is 25.8. The van der Waals surface area contributed by atoms with E-state index in [0.717, 1.165) is 0 Å². The lowest BCUT2D eigenvalue weighted by atomic mass is 9.91. The number of fused-ring (bicyclic) bond motifs is 1. The molecule has 1 aliphatic rings. The molecule has 2 aromatic heterocycles. The number of halogens is 1. The van der Waals surface area contributed by atoms with Gasteiger partial charge in [-0.15, -0.1) is 0 Å². The number of primary amides is 1. The van der Waals surface area contributed by atoms with E-state index >= 15 is 0 Å². The first-order chi connectivity index (χ1) is 18.7. The normalized spacial score (nSPS) is 13.6. The van der Waals surface area contributed by atoms with Crippen LogP contribution in [0.15, 0.2) is 77.9 Å². The fourth-order valence-electron chi connectivity index (χ4n) is 4.46. The maximum atomic E-state index is 13.9. The van der Waals surface area contributed by atoms with Gasteiger partial charge in [0.1, 0.15) is 11.4 Å². The number of amides is 1. The van der Waals surface area contributed by atoms with Gasteiger partial charge < -0.3 is 25.1 Å². The van der Waals surface area contributed by atoms with Crippen molar-refractivity contribution in [3.8, 4) is 22.8 Å². The highest BCUT2D eigenvalue weighted by Crippen LogP contribution is 2.36. The molecule has 0 fully saturated rings. The fraction of sp³-hybridized carbons (Fsp3) is 0.172. The molecule has 198 valence electrons. The summed E-state index contributed by atoms with van der Waals surface area (Å²) in [6.45, 7) is 1.68. The summed E-state index contributed by atoms with van der Waals surface area (Å²) in [7, 11) is 1.55. The molecule has 1 unspecified atom stereocenters. The van der Waals surface area contributed by atoms with E-state index in [4.69, 9.17) is 15.2 Å². The molecule has 5 rings (SSSR count). The van der Waals surface area contributed by atoms with Crippen molar-refractivity contribution < 1.29 is 23.5 Å². The Morgan fingerprint density at radius 1 is 1.03 bits per heavy atom. The fourth-order valence-corrected chi connectivity index (χ4v) is 4.46. The van der Waals surface area contributed by atoms with Crippen LogP contribution in [0.25, 0.3) is 11.3 Å². The molecule has 39 heavy (non-hydrogen) atoms. The number of hydrogen-bond acceptors (Lipinski definition) is 7. The Balaban J connectivity index is 1.61. The second-order valence-electron chi connectivity index (χ2n) is 9.25. The smallest absolute Gasteiger partial charge is 0.256 e. The van der Waals surface area contributed by atoms with E-state index in [2.05, 4.69) is 10.3 Å². The van der Waals surface area contributed by atoms with Crippen LogP contribution in [0.4, 0.5) is 4.39 Å². The predicted molar refractivity (Wildman–Crippen MR) is 141 cm³/mol. The minimum Gasteiger partial charge on any atom is -0.454 e. The van der Waals surface area contributed by atoms with Crippen molar-refractivity contribution in [2.75, 3.05) is 13.8 Å².